The molecule has 0 spiro atoms. The van der Waals surface area contributed by atoms with E-state index in [-0.39, 0.29) is 6.61 Å². The van der Waals surface area contributed by atoms with E-state index in [4.69, 9.17) is 15.1 Å². The maximum Gasteiger partial charge on any atom is 0.121 e. The Kier molecular flexibility index (Phi) is 4.35. The number of methoxy groups -OCH3 is 1. The molecule has 0 saturated carbocycles. The molecule has 0 radical (unpaired) electrons. The van der Waals surface area contributed by atoms with Gasteiger partial charge in [-0.15, -0.1) is 0 Å². The summed E-state index contributed by atoms with van der Waals surface area (Å²) in [4.78, 5) is 0. The predicted octanol–water partition coefficient (Wildman–Crippen LogP) is 1.99. The first-order valence-electron chi connectivity index (χ1n) is 6.10. The number of nitrogens with zero attached hydrogens (tertiary/aromatic N) is 1. The quantitative estimate of drug-likeness (QED) is 0.858. The van der Waals surface area contributed by atoms with Crippen molar-refractivity contribution in [3.63, 3.8) is 0 Å². The molecule has 0 saturated heterocycles. The third kappa shape index (κ3) is 3.02. The maximum atomic E-state index is 9.15. The van der Waals surface area contributed by atoms with Crippen LogP contribution in [0.4, 0.5) is 0 Å². The average Bonchev–Trinajstić information content (AvgIpc) is 2.47. The van der Waals surface area contributed by atoms with Gasteiger partial charge in [0.15, 0.2) is 0 Å². The summed E-state index contributed by atoms with van der Waals surface area (Å²) in [5.41, 5.74) is 0.897. The summed E-state index contributed by atoms with van der Waals surface area (Å²) in [6.07, 6.45) is 0. The van der Waals surface area contributed by atoms with Gasteiger partial charge >= 0.3 is 0 Å². The Labute approximate surface area is 112 Å². The first-order chi connectivity index (χ1) is 9.28. The Morgan fingerprint density at radius 2 is 2.00 bits per heavy atom. The number of benzene rings is 2. The van der Waals surface area contributed by atoms with E-state index in [0.717, 1.165) is 22.1 Å². The lowest BCUT2D eigenvalue weighted by atomic mass is 10.0. The van der Waals surface area contributed by atoms with E-state index in [9.17, 15) is 0 Å². The van der Waals surface area contributed by atoms with Crippen molar-refractivity contribution in [3.8, 4) is 11.8 Å². The van der Waals surface area contributed by atoms with Crippen molar-refractivity contribution >= 4 is 10.8 Å². The van der Waals surface area contributed by atoms with Gasteiger partial charge in [0.25, 0.3) is 0 Å². The normalized spacial score (nSPS) is 12.1. The smallest absolute Gasteiger partial charge is 0.121 e. The lowest BCUT2D eigenvalue weighted by molar-refractivity contribution is 0.289. The zero-order valence-electron chi connectivity index (χ0n) is 10.8. The molecular formula is C15H16N2O2. The molecule has 2 aromatic carbocycles. The molecule has 0 aromatic heterocycles. The number of rotatable bonds is 5. The number of nitrogens with one attached hydrogen (secondary N) is 1. The van der Waals surface area contributed by atoms with Crippen LogP contribution in [-0.2, 0) is 0 Å². The fourth-order valence-electron chi connectivity index (χ4n) is 2.00. The van der Waals surface area contributed by atoms with Crippen molar-refractivity contribution in [2.45, 2.75) is 6.04 Å². The monoisotopic (exact) mass is 256 g/mol. The first kappa shape index (κ1) is 13.3. The molecule has 4 nitrogen and oxygen atoms in total. The van der Waals surface area contributed by atoms with E-state index >= 15 is 0 Å². The van der Waals surface area contributed by atoms with Crippen LogP contribution in [-0.4, -0.2) is 25.4 Å². The molecule has 0 heterocycles. The van der Waals surface area contributed by atoms with Crippen LogP contribution in [0.15, 0.2) is 36.4 Å². The molecule has 1 atom stereocenters. The van der Waals surface area contributed by atoms with Gasteiger partial charge in [-0.1, -0.05) is 18.2 Å². The highest BCUT2D eigenvalue weighted by molar-refractivity contribution is 5.84. The van der Waals surface area contributed by atoms with E-state index in [1.165, 1.54) is 0 Å². The van der Waals surface area contributed by atoms with Crippen LogP contribution >= 0.6 is 0 Å². The van der Waals surface area contributed by atoms with Gasteiger partial charge in [0.1, 0.15) is 11.8 Å². The van der Waals surface area contributed by atoms with Crippen molar-refractivity contribution in [2.75, 3.05) is 20.3 Å². The van der Waals surface area contributed by atoms with Gasteiger partial charge in [-0.05, 0) is 34.5 Å². The van der Waals surface area contributed by atoms with Crippen molar-refractivity contribution in [1.29, 1.82) is 5.26 Å². The van der Waals surface area contributed by atoms with Crippen LogP contribution in [0.2, 0.25) is 0 Å². The van der Waals surface area contributed by atoms with Gasteiger partial charge in [-0.2, -0.15) is 5.26 Å². The molecule has 0 bridgehead atoms. The van der Waals surface area contributed by atoms with Gasteiger partial charge in [0, 0.05) is 6.54 Å². The van der Waals surface area contributed by atoms with Gasteiger partial charge in [-0.25, -0.2) is 0 Å². The van der Waals surface area contributed by atoms with Gasteiger partial charge in [-0.3, -0.25) is 5.32 Å². The lowest BCUT2D eigenvalue weighted by Gasteiger charge is -2.12. The lowest BCUT2D eigenvalue weighted by Crippen LogP contribution is -2.23. The Morgan fingerprint density at radius 3 is 2.68 bits per heavy atom. The zero-order valence-corrected chi connectivity index (χ0v) is 10.8. The standard InChI is InChI=1S/C15H16N2O2/c1-19-14-5-4-11-8-13(3-2-12(11)9-14)15(10-16)17-6-7-18/h2-5,8-9,15,17-18H,6-7H2,1H3. The molecule has 1 unspecified atom stereocenters. The summed E-state index contributed by atoms with van der Waals surface area (Å²) in [6, 6.07) is 13.5. The van der Waals surface area contributed by atoms with Gasteiger partial charge in [0.05, 0.1) is 19.8 Å². The minimum atomic E-state index is -0.404. The minimum Gasteiger partial charge on any atom is -0.497 e. The van der Waals surface area contributed by atoms with E-state index in [1.54, 1.807) is 7.11 Å². The average molecular weight is 256 g/mol. The van der Waals surface area contributed by atoms with Crippen LogP contribution in [0.5, 0.6) is 5.75 Å². The first-order valence-corrected chi connectivity index (χ1v) is 6.10. The van der Waals surface area contributed by atoms with Crippen molar-refractivity contribution in [1.82, 2.24) is 5.32 Å². The van der Waals surface area contributed by atoms with Crippen LogP contribution in [0.3, 0.4) is 0 Å². The van der Waals surface area contributed by atoms with Gasteiger partial charge < -0.3 is 9.84 Å². The molecule has 2 N–H and O–H groups in total. The van der Waals surface area contributed by atoms with E-state index in [0.29, 0.717) is 6.54 Å². The molecule has 0 fully saturated rings. The molecule has 19 heavy (non-hydrogen) atoms. The molecule has 0 aliphatic rings. The molecule has 2 aromatic rings. The summed E-state index contributed by atoms with van der Waals surface area (Å²) in [6.45, 7) is 0.418. The molecule has 98 valence electrons. The topological polar surface area (TPSA) is 65.3 Å². The largest absolute Gasteiger partial charge is 0.497 e. The molecular weight excluding hydrogens is 240 g/mol. The van der Waals surface area contributed by atoms with Crippen molar-refractivity contribution < 1.29 is 9.84 Å². The number of hydrogen-bond donors (Lipinski definition) is 2. The van der Waals surface area contributed by atoms with Crippen LogP contribution in [0.1, 0.15) is 11.6 Å². The Hall–Kier alpha value is -2.09. The Balaban J connectivity index is 2.33. The molecule has 4 heteroatoms. The summed E-state index contributed by atoms with van der Waals surface area (Å²) < 4.78 is 5.18. The second-order valence-electron chi connectivity index (χ2n) is 4.21. The summed E-state index contributed by atoms with van der Waals surface area (Å²) >= 11 is 0. The number of fused-ring (bicyclic) bond motifs is 1. The van der Waals surface area contributed by atoms with Crippen molar-refractivity contribution in [2.24, 2.45) is 0 Å². The molecule has 0 aliphatic carbocycles. The summed E-state index contributed by atoms with van der Waals surface area (Å²) in [5.74, 6) is 0.815. The maximum absolute atomic E-state index is 9.15. The Bertz CT molecular complexity index is 605. The highest BCUT2D eigenvalue weighted by atomic mass is 16.5. The third-order valence-corrected chi connectivity index (χ3v) is 2.99. The van der Waals surface area contributed by atoms with E-state index in [2.05, 4.69) is 11.4 Å². The van der Waals surface area contributed by atoms with Crippen molar-refractivity contribution in [3.05, 3.63) is 42.0 Å². The fraction of sp³-hybridized carbons (Fsp3) is 0.267. The highest BCUT2D eigenvalue weighted by Gasteiger charge is 2.09. The van der Waals surface area contributed by atoms with Gasteiger partial charge in [0.2, 0.25) is 0 Å². The Morgan fingerprint density at radius 1 is 1.26 bits per heavy atom. The number of nitriles is 1. The minimum absolute atomic E-state index is 0.0168. The fourth-order valence-corrected chi connectivity index (χ4v) is 2.00. The van der Waals surface area contributed by atoms with Crippen LogP contribution in [0, 0.1) is 11.3 Å². The molecule has 2 rings (SSSR count). The second kappa shape index (κ2) is 6.19. The number of hydrogen-bond acceptors (Lipinski definition) is 4. The third-order valence-electron chi connectivity index (χ3n) is 2.99. The predicted molar refractivity (Wildman–Crippen MR) is 73.9 cm³/mol. The van der Waals surface area contributed by atoms with Crippen LogP contribution in [0.25, 0.3) is 10.8 Å². The van der Waals surface area contributed by atoms with Crippen LogP contribution < -0.4 is 10.1 Å². The summed E-state index contributed by atoms with van der Waals surface area (Å²) in [5, 5.41) is 23.1. The zero-order chi connectivity index (χ0) is 13.7. The van der Waals surface area contributed by atoms with E-state index < -0.39 is 6.04 Å². The second-order valence-corrected chi connectivity index (χ2v) is 4.21. The number of aliphatic hydroxyl groups excluding tert-OH is 1. The highest BCUT2D eigenvalue weighted by Crippen LogP contribution is 2.24. The molecule has 0 aliphatic heterocycles. The molecule has 0 amide bonds. The summed E-state index contributed by atoms with van der Waals surface area (Å²) in [7, 11) is 1.64. The number of ether oxygens (including phenoxy) is 1. The SMILES string of the molecule is COc1ccc2cc(C(C#N)NCCO)ccc2c1. The number of aliphatic hydroxyl groups is 1. The van der Waals surface area contributed by atoms with E-state index in [1.807, 2.05) is 36.4 Å².